The summed E-state index contributed by atoms with van der Waals surface area (Å²) in [4.78, 5) is 2.82. The van der Waals surface area contributed by atoms with Crippen LogP contribution in [0.3, 0.4) is 0 Å². The van der Waals surface area contributed by atoms with Crippen LogP contribution in [0.2, 0.25) is 0 Å². The Labute approximate surface area is 105 Å². The second kappa shape index (κ2) is 3.96. The van der Waals surface area contributed by atoms with Gasteiger partial charge in [-0.05, 0) is 69.9 Å². The summed E-state index contributed by atoms with van der Waals surface area (Å²) < 4.78 is 5.44. The Morgan fingerprint density at radius 1 is 0.941 bits per heavy atom. The van der Waals surface area contributed by atoms with Crippen molar-refractivity contribution in [1.29, 1.82) is 0 Å². The summed E-state index contributed by atoms with van der Waals surface area (Å²) in [6.07, 6.45) is 10.4. The molecule has 0 radical (unpaired) electrons. The first-order chi connectivity index (χ1) is 8.35. The van der Waals surface area contributed by atoms with Crippen LogP contribution >= 0.6 is 0 Å². The van der Waals surface area contributed by atoms with Gasteiger partial charge in [0.2, 0.25) is 0 Å². The number of hydrogen-bond acceptors (Lipinski definition) is 2. The van der Waals surface area contributed by atoms with Gasteiger partial charge in [-0.2, -0.15) is 0 Å². The predicted molar refractivity (Wildman–Crippen MR) is 67.9 cm³/mol. The van der Waals surface area contributed by atoms with Crippen LogP contribution in [0.1, 0.15) is 44.9 Å². The average Bonchev–Trinajstić information content (AvgIpc) is 2.38. The Morgan fingerprint density at radius 3 is 2.12 bits per heavy atom. The van der Waals surface area contributed by atoms with E-state index in [1.807, 2.05) is 0 Å². The molecule has 96 valence electrons. The third kappa shape index (κ3) is 1.76. The zero-order chi connectivity index (χ0) is 11.3. The zero-order valence-electron chi connectivity index (χ0n) is 10.9. The highest BCUT2D eigenvalue weighted by Gasteiger charge is 2.45. The average molecular weight is 235 g/mol. The molecule has 4 saturated heterocycles. The number of nitrogens with zero attached hydrogens (tertiary/aromatic N) is 1. The van der Waals surface area contributed by atoms with Gasteiger partial charge in [0.1, 0.15) is 0 Å². The molecular formula is C15H25NO. The van der Waals surface area contributed by atoms with E-state index in [1.165, 1.54) is 58.0 Å². The molecule has 5 rings (SSSR count). The Kier molecular flexibility index (Phi) is 2.52. The molecule has 0 aromatic heterocycles. The first kappa shape index (κ1) is 10.8. The largest absolute Gasteiger partial charge is 0.380 e. The van der Waals surface area contributed by atoms with Crippen LogP contribution in [0.5, 0.6) is 0 Å². The molecule has 4 heterocycles. The quantitative estimate of drug-likeness (QED) is 0.693. The number of ether oxygens (including phenoxy) is 1. The van der Waals surface area contributed by atoms with Crippen molar-refractivity contribution in [2.75, 3.05) is 26.3 Å². The van der Waals surface area contributed by atoms with E-state index >= 15 is 0 Å². The molecule has 0 aromatic carbocycles. The van der Waals surface area contributed by atoms with Crippen LogP contribution in [-0.2, 0) is 4.74 Å². The van der Waals surface area contributed by atoms with Crippen molar-refractivity contribution in [2.45, 2.75) is 51.0 Å². The van der Waals surface area contributed by atoms with Gasteiger partial charge in [0.05, 0.1) is 13.2 Å². The molecule has 1 saturated carbocycles. The van der Waals surface area contributed by atoms with E-state index in [-0.39, 0.29) is 0 Å². The number of fused-ring (bicyclic) bond motifs is 3. The van der Waals surface area contributed by atoms with Gasteiger partial charge in [-0.1, -0.05) is 0 Å². The monoisotopic (exact) mass is 235 g/mol. The van der Waals surface area contributed by atoms with Gasteiger partial charge >= 0.3 is 0 Å². The maximum Gasteiger partial charge on any atom is 0.0544 e. The molecule has 0 N–H and O–H groups in total. The molecule has 2 bridgehead atoms. The summed E-state index contributed by atoms with van der Waals surface area (Å²) in [5.74, 6) is 2.09. The fourth-order valence-electron chi connectivity index (χ4n) is 4.82. The molecule has 17 heavy (non-hydrogen) atoms. The predicted octanol–water partition coefficient (Wildman–Crippen LogP) is 2.68. The number of rotatable bonds is 1. The fraction of sp³-hybridized carbons (Fsp3) is 1.00. The fourth-order valence-corrected chi connectivity index (χ4v) is 4.82. The van der Waals surface area contributed by atoms with Crippen LogP contribution in [0, 0.1) is 17.3 Å². The van der Waals surface area contributed by atoms with E-state index < -0.39 is 0 Å². The maximum absolute atomic E-state index is 5.44. The number of piperidine rings is 3. The Bertz CT molecular complexity index is 281. The molecule has 1 spiro atoms. The van der Waals surface area contributed by atoms with Crippen molar-refractivity contribution in [3.63, 3.8) is 0 Å². The SMILES string of the molecule is C1CN2CCC1CC2C1CCC2(CC1)COC2. The second-order valence-electron chi connectivity index (χ2n) is 7.11. The van der Waals surface area contributed by atoms with Crippen molar-refractivity contribution in [3.05, 3.63) is 0 Å². The summed E-state index contributed by atoms with van der Waals surface area (Å²) in [5.41, 5.74) is 0.638. The number of hydrogen-bond donors (Lipinski definition) is 0. The Morgan fingerprint density at radius 2 is 1.65 bits per heavy atom. The van der Waals surface area contributed by atoms with Gasteiger partial charge in [-0.15, -0.1) is 0 Å². The lowest BCUT2D eigenvalue weighted by Crippen LogP contribution is -2.54. The van der Waals surface area contributed by atoms with Crippen molar-refractivity contribution < 1.29 is 4.74 Å². The lowest BCUT2D eigenvalue weighted by atomic mass is 9.65. The summed E-state index contributed by atoms with van der Waals surface area (Å²) >= 11 is 0. The Balaban J connectivity index is 1.40. The van der Waals surface area contributed by atoms with Crippen molar-refractivity contribution in [2.24, 2.45) is 17.3 Å². The van der Waals surface area contributed by atoms with Gasteiger partial charge in [0, 0.05) is 11.5 Å². The first-order valence-corrected chi connectivity index (χ1v) is 7.67. The van der Waals surface area contributed by atoms with Crippen LogP contribution in [0.4, 0.5) is 0 Å². The molecule has 1 atom stereocenters. The van der Waals surface area contributed by atoms with Crippen molar-refractivity contribution in [3.8, 4) is 0 Å². The molecule has 0 aromatic rings. The van der Waals surface area contributed by atoms with E-state index in [4.69, 9.17) is 4.74 Å². The molecule has 1 aliphatic carbocycles. The van der Waals surface area contributed by atoms with Crippen LogP contribution < -0.4 is 0 Å². The molecule has 2 heteroatoms. The smallest absolute Gasteiger partial charge is 0.0544 e. The van der Waals surface area contributed by atoms with E-state index in [2.05, 4.69) is 4.90 Å². The van der Waals surface area contributed by atoms with Crippen molar-refractivity contribution in [1.82, 2.24) is 4.90 Å². The van der Waals surface area contributed by atoms with Gasteiger partial charge in [0.15, 0.2) is 0 Å². The van der Waals surface area contributed by atoms with Gasteiger partial charge in [0.25, 0.3) is 0 Å². The standard InChI is InChI=1S/C15H25NO/c1-5-15(10-17-11-15)6-2-13(1)14-9-12-3-7-16(14)8-4-12/h12-14H,1-11H2. The minimum atomic E-state index is 0.638. The molecule has 1 unspecified atom stereocenters. The molecule has 4 aliphatic heterocycles. The molecule has 2 nitrogen and oxygen atoms in total. The summed E-state index contributed by atoms with van der Waals surface area (Å²) in [7, 11) is 0. The van der Waals surface area contributed by atoms with E-state index in [9.17, 15) is 0 Å². The lowest BCUT2D eigenvalue weighted by molar-refractivity contribution is -0.142. The van der Waals surface area contributed by atoms with Crippen LogP contribution in [-0.4, -0.2) is 37.2 Å². The van der Waals surface area contributed by atoms with E-state index in [1.54, 1.807) is 0 Å². The minimum Gasteiger partial charge on any atom is -0.380 e. The molecule has 5 aliphatic rings. The second-order valence-corrected chi connectivity index (χ2v) is 7.11. The highest BCUT2D eigenvalue weighted by atomic mass is 16.5. The zero-order valence-corrected chi connectivity index (χ0v) is 10.9. The third-order valence-electron chi connectivity index (χ3n) is 6.14. The van der Waals surface area contributed by atoms with Gasteiger partial charge in [-0.3, -0.25) is 0 Å². The first-order valence-electron chi connectivity index (χ1n) is 7.67. The van der Waals surface area contributed by atoms with Crippen LogP contribution in [0.25, 0.3) is 0 Å². The normalized spacial score (nSPS) is 44.8. The molecule has 5 fully saturated rings. The van der Waals surface area contributed by atoms with Gasteiger partial charge < -0.3 is 9.64 Å². The van der Waals surface area contributed by atoms with E-state index in [0.717, 1.165) is 31.1 Å². The summed E-state index contributed by atoms with van der Waals surface area (Å²) in [5, 5.41) is 0. The van der Waals surface area contributed by atoms with E-state index in [0.29, 0.717) is 5.41 Å². The topological polar surface area (TPSA) is 12.5 Å². The highest BCUT2D eigenvalue weighted by molar-refractivity contribution is 4.97. The minimum absolute atomic E-state index is 0.638. The summed E-state index contributed by atoms with van der Waals surface area (Å²) in [6, 6.07) is 0.959. The van der Waals surface area contributed by atoms with Crippen LogP contribution in [0.15, 0.2) is 0 Å². The lowest BCUT2D eigenvalue weighted by Gasteiger charge is -2.53. The molecule has 0 amide bonds. The molecular weight excluding hydrogens is 210 g/mol. The maximum atomic E-state index is 5.44. The van der Waals surface area contributed by atoms with Gasteiger partial charge in [-0.25, -0.2) is 0 Å². The highest BCUT2D eigenvalue weighted by Crippen LogP contribution is 2.47. The third-order valence-corrected chi connectivity index (χ3v) is 6.14. The summed E-state index contributed by atoms with van der Waals surface area (Å²) in [6.45, 7) is 4.94. The van der Waals surface area contributed by atoms with Crippen molar-refractivity contribution >= 4 is 0 Å². The Hall–Kier alpha value is -0.0800.